The summed E-state index contributed by atoms with van der Waals surface area (Å²) in [5, 5.41) is 4.39. The van der Waals surface area contributed by atoms with Gasteiger partial charge in [-0.1, -0.05) is 11.1 Å². The average molecular weight is 623 g/mol. The SMILES string of the molecule is CC(C)=C1c2cc3c(cc2-c2sc(-c4cc5sccc5s4)cc21)C(=C(C)C)c1cc(-c2cc4sccc4s2)sc1-3. The van der Waals surface area contributed by atoms with Crippen molar-refractivity contribution in [1.82, 2.24) is 0 Å². The molecule has 0 aliphatic heterocycles. The molecule has 0 bridgehead atoms. The standard InChI is InChI=1S/C34H22S6/c1-15(2)31-17-9-20-18(10-19(17)33-21(31)11-27(39-33)29-13-25-23(37-29)5-7-35-25)32(16(3)4)22-12-28(40-34(20)22)30-14-26-24(38-30)6-8-36-26/h5-14H,1-4H3. The summed E-state index contributed by atoms with van der Waals surface area (Å²) in [6, 6.07) is 19.2. The predicted octanol–water partition coefficient (Wildman–Crippen LogP) is 13.3. The minimum atomic E-state index is 1.39. The van der Waals surface area contributed by atoms with Crippen LogP contribution in [0.4, 0.5) is 0 Å². The molecule has 0 unspecified atom stereocenters. The van der Waals surface area contributed by atoms with Crippen molar-refractivity contribution >= 4 is 98.0 Å². The summed E-state index contributed by atoms with van der Waals surface area (Å²) >= 11 is 11.5. The molecule has 0 saturated heterocycles. The molecule has 0 amide bonds. The molecule has 2 aliphatic carbocycles. The molecule has 7 aromatic rings. The third-order valence-corrected chi connectivity index (χ3v) is 14.9. The van der Waals surface area contributed by atoms with E-state index in [4.69, 9.17) is 0 Å². The molecule has 9 rings (SSSR count). The highest BCUT2D eigenvalue weighted by Crippen LogP contribution is 2.59. The van der Waals surface area contributed by atoms with Gasteiger partial charge >= 0.3 is 0 Å². The first kappa shape index (κ1) is 24.1. The Morgan fingerprint density at radius 1 is 0.425 bits per heavy atom. The fraction of sp³-hybridized carbons (Fsp3) is 0.118. The van der Waals surface area contributed by atoms with E-state index in [2.05, 4.69) is 87.0 Å². The zero-order valence-corrected chi connectivity index (χ0v) is 27.1. The van der Waals surface area contributed by atoms with E-state index in [0.717, 1.165) is 0 Å². The third kappa shape index (κ3) is 3.26. The van der Waals surface area contributed by atoms with E-state index in [0.29, 0.717) is 0 Å². The highest BCUT2D eigenvalue weighted by Gasteiger charge is 2.34. The van der Waals surface area contributed by atoms with Crippen LogP contribution in [0.2, 0.25) is 0 Å². The van der Waals surface area contributed by atoms with E-state index in [1.165, 1.54) is 104 Å². The fourth-order valence-corrected chi connectivity index (χ4v) is 13.1. The van der Waals surface area contributed by atoms with Crippen LogP contribution >= 0.6 is 68.0 Å². The minimum absolute atomic E-state index is 1.39. The molecule has 0 atom stereocenters. The summed E-state index contributed by atoms with van der Waals surface area (Å²) in [4.78, 5) is 8.44. The van der Waals surface area contributed by atoms with Crippen molar-refractivity contribution in [2.45, 2.75) is 27.7 Å². The quantitative estimate of drug-likeness (QED) is 0.180. The van der Waals surface area contributed by atoms with Crippen LogP contribution in [0, 0.1) is 0 Å². The van der Waals surface area contributed by atoms with E-state index in [1.54, 1.807) is 0 Å². The van der Waals surface area contributed by atoms with Gasteiger partial charge in [-0.2, -0.15) is 0 Å². The molecule has 0 spiro atoms. The van der Waals surface area contributed by atoms with Gasteiger partial charge in [0.1, 0.15) is 0 Å². The molecular formula is C34H22S6. The van der Waals surface area contributed by atoms with Crippen LogP contribution in [-0.2, 0) is 0 Å². The van der Waals surface area contributed by atoms with Crippen LogP contribution in [-0.4, -0.2) is 0 Å². The van der Waals surface area contributed by atoms with Crippen LogP contribution in [0.15, 0.2) is 70.4 Å². The van der Waals surface area contributed by atoms with Crippen molar-refractivity contribution in [3.05, 3.63) is 92.7 Å². The van der Waals surface area contributed by atoms with Crippen molar-refractivity contribution in [1.29, 1.82) is 0 Å². The Morgan fingerprint density at radius 2 is 0.850 bits per heavy atom. The lowest BCUT2D eigenvalue weighted by atomic mass is 9.94. The number of rotatable bonds is 2. The third-order valence-electron chi connectivity index (χ3n) is 7.95. The Kier molecular flexibility index (Phi) is 5.10. The number of thiophene rings is 6. The lowest BCUT2D eigenvalue weighted by Gasteiger charge is -2.11. The maximum Gasteiger partial charge on any atom is 0.0464 e. The molecule has 2 aliphatic rings. The molecule has 0 radical (unpaired) electrons. The molecular weight excluding hydrogens is 601 g/mol. The summed E-state index contributed by atoms with van der Waals surface area (Å²) in [7, 11) is 0. The first-order chi connectivity index (χ1) is 19.4. The zero-order valence-electron chi connectivity index (χ0n) is 22.2. The van der Waals surface area contributed by atoms with E-state index in [9.17, 15) is 0 Å². The summed E-state index contributed by atoms with van der Waals surface area (Å²) in [6.07, 6.45) is 0. The fourth-order valence-electron chi connectivity index (χ4n) is 6.33. The Morgan fingerprint density at radius 3 is 1.25 bits per heavy atom. The minimum Gasteiger partial charge on any atom is -0.143 e. The van der Waals surface area contributed by atoms with Crippen molar-refractivity contribution in [2.24, 2.45) is 0 Å². The largest absolute Gasteiger partial charge is 0.143 e. The highest BCUT2D eigenvalue weighted by molar-refractivity contribution is 7.32. The summed E-state index contributed by atoms with van der Waals surface area (Å²) in [5.74, 6) is 0. The monoisotopic (exact) mass is 622 g/mol. The molecule has 6 heteroatoms. The van der Waals surface area contributed by atoms with Gasteiger partial charge in [0.2, 0.25) is 0 Å². The van der Waals surface area contributed by atoms with Crippen molar-refractivity contribution in [3.63, 3.8) is 0 Å². The smallest absolute Gasteiger partial charge is 0.0464 e. The zero-order chi connectivity index (χ0) is 26.9. The van der Waals surface area contributed by atoms with Crippen LogP contribution in [0.5, 0.6) is 0 Å². The highest BCUT2D eigenvalue weighted by atomic mass is 32.1. The van der Waals surface area contributed by atoms with E-state index < -0.39 is 0 Å². The maximum atomic E-state index is 2.52. The van der Waals surface area contributed by atoms with Gasteiger partial charge in [-0.05, 0) is 109 Å². The van der Waals surface area contributed by atoms with Crippen molar-refractivity contribution < 1.29 is 0 Å². The lowest BCUT2D eigenvalue weighted by molar-refractivity contribution is 1.39. The van der Waals surface area contributed by atoms with Gasteiger partial charge in [0, 0.05) is 70.3 Å². The van der Waals surface area contributed by atoms with Gasteiger partial charge in [-0.25, -0.2) is 0 Å². The first-order valence-electron chi connectivity index (χ1n) is 13.2. The summed E-state index contributed by atoms with van der Waals surface area (Å²) < 4.78 is 5.59. The van der Waals surface area contributed by atoms with Crippen LogP contribution in [0.3, 0.4) is 0 Å². The van der Waals surface area contributed by atoms with Gasteiger partial charge in [0.25, 0.3) is 0 Å². The molecule has 6 heterocycles. The molecule has 0 N–H and O–H groups in total. The van der Waals surface area contributed by atoms with Gasteiger partial charge < -0.3 is 0 Å². The molecule has 40 heavy (non-hydrogen) atoms. The molecule has 0 fully saturated rings. The normalized spacial score (nSPS) is 13.4. The van der Waals surface area contributed by atoms with Crippen molar-refractivity contribution in [3.8, 4) is 40.4 Å². The Hall–Kier alpha value is -2.58. The molecule has 6 aromatic heterocycles. The number of hydrogen-bond acceptors (Lipinski definition) is 6. The van der Waals surface area contributed by atoms with E-state index >= 15 is 0 Å². The number of hydrogen-bond donors (Lipinski definition) is 0. The summed E-state index contributed by atoms with van der Waals surface area (Å²) in [5.41, 5.74) is 14.1. The van der Waals surface area contributed by atoms with Crippen molar-refractivity contribution in [2.75, 3.05) is 0 Å². The van der Waals surface area contributed by atoms with E-state index in [-0.39, 0.29) is 0 Å². The molecule has 0 saturated carbocycles. The number of benzene rings is 1. The first-order valence-corrected chi connectivity index (χ1v) is 18.2. The number of allylic oxidation sites excluding steroid dienone is 2. The second kappa shape index (κ2) is 8.48. The molecule has 194 valence electrons. The van der Waals surface area contributed by atoms with Crippen LogP contribution in [0.25, 0.3) is 70.3 Å². The topological polar surface area (TPSA) is 0 Å². The average Bonchev–Trinajstić information content (AvgIpc) is 3.71. The summed E-state index contributed by atoms with van der Waals surface area (Å²) in [6.45, 7) is 9.11. The second-order valence-corrected chi connectivity index (χ2v) is 17.1. The second-order valence-electron chi connectivity index (χ2n) is 10.9. The van der Waals surface area contributed by atoms with Gasteiger partial charge in [-0.3, -0.25) is 0 Å². The molecule has 1 aromatic carbocycles. The van der Waals surface area contributed by atoms with Crippen LogP contribution in [0.1, 0.15) is 49.9 Å². The maximum absolute atomic E-state index is 2.52. The molecule has 0 nitrogen and oxygen atoms in total. The Bertz CT molecular complexity index is 2030. The lowest BCUT2D eigenvalue weighted by Crippen LogP contribution is -1.89. The van der Waals surface area contributed by atoms with E-state index in [1.807, 2.05) is 68.0 Å². The van der Waals surface area contributed by atoms with Gasteiger partial charge in [-0.15, -0.1) is 68.0 Å². The Balaban J connectivity index is 1.23. The predicted molar refractivity (Wildman–Crippen MR) is 185 cm³/mol. The Labute approximate surface area is 256 Å². The van der Waals surface area contributed by atoms with Gasteiger partial charge in [0.15, 0.2) is 0 Å². The number of fused-ring (bicyclic) bond motifs is 8. The van der Waals surface area contributed by atoms with Crippen LogP contribution < -0.4 is 0 Å². The van der Waals surface area contributed by atoms with Gasteiger partial charge in [0.05, 0.1) is 0 Å².